The van der Waals surface area contributed by atoms with E-state index < -0.39 is 8.35 Å². The van der Waals surface area contributed by atoms with E-state index in [1.54, 1.807) is 14.0 Å². The molecule has 0 bridgehead atoms. The van der Waals surface area contributed by atoms with Gasteiger partial charge in [-0.05, 0) is 0 Å². The molecular formula is C5H11ClCoO2Si-2. The summed E-state index contributed by atoms with van der Waals surface area (Å²) in [7, 11) is 0.139. The maximum absolute atomic E-state index is 7.94. The molecule has 0 saturated carbocycles. The SMILES string of the molecule is C=[C-]C.[CH2-][SiH](Cl)OC.[O]=[Co]. The second-order valence-corrected chi connectivity index (χ2v) is 3.75. The average molecular weight is 226 g/mol. The zero-order chi connectivity index (χ0) is 8.99. The summed E-state index contributed by atoms with van der Waals surface area (Å²) in [6.07, 6.45) is 2.50. The van der Waals surface area contributed by atoms with Crippen LogP contribution in [0.3, 0.4) is 0 Å². The molecule has 0 aromatic heterocycles. The maximum atomic E-state index is 7.94. The molecule has 1 unspecified atom stereocenters. The van der Waals surface area contributed by atoms with Crippen LogP contribution in [-0.4, -0.2) is 15.5 Å². The van der Waals surface area contributed by atoms with Crippen molar-refractivity contribution in [3.8, 4) is 0 Å². The van der Waals surface area contributed by atoms with Gasteiger partial charge in [0.25, 0.3) is 0 Å². The summed E-state index contributed by atoms with van der Waals surface area (Å²) in [6.45, 7) is 8.44. The van der Waals surface area contributed by atoms with Crippen LogP contribution >= 0.6 is 11.1 Å². The topological polar surface area (TPSA) is 26.3 Å². The van der Waals surface area contributed by atoms with Gasteiger partial charge >= 0.3 is 19.5 Å². The Kier molecular flexibility index (Phi) is 38.2. The third-order valence-electron chi connectivity index (χ3n) is 0.256. The van der Waals surface area contributed by atoms with Crippen LogP contribution in [-0.2, 0) is 24.0 Å². The third kappa shape index (κ3) is 76.1. The zero-order valence-corrected chi connectivity index (χ0v) is 8.97. The summed E-state index contributed by atoms with van der Waals surface area (Å²) in [6, 6.07) is 0. The van der Waals surface area contributed by atoms with E-state index in [1.807, 2.05) is 0 Å². The molecule has 65 valence electrons. The standard InChI is InChI=1S/C3H5.C2H6ClOSi.Co.O/c1-3-2;1-4-5(2)3;;/h1H2,2H3;5H,2H2,1H3;;/q2*-1;;. The van der Waals surface area contributed by atoms with Gasteiger partial charge < -0.3 is 17.0 Å². The second kappa shape index (κ2) is 22.7. The van der Waals surface area contributed by atoms with E-state index in [-0.39, 0.29) is 0 Å². The van der Waals surface area contributed by atoms with E-state index in [4.69, 9.17) is 14.9 Å². The van der Waals surface area contributed by atoms with Crippen LogP contribution < -0.4 is 0 Å². The Morgan fingerprint density at radius 1 is 1.80 bits per heavy atom. The molecule has 0 aliphatic heterocycles. The number of hydrogen-bond donors (Lipinski definition) is 0. The predicted octanol–water partition coefficient (Wildman–Crippen LogP) is 1.34. The summed E-state index contributed by atoms with van der Waals surface area (Å²) in [5.41, 5.74) is 0. The quantitative estimate of drug-likeness (QED) is 0.383. The normalized spacial score (nSPS) is 9.30. The van der Waals surface area contributed by atoms with Crippen molar-refractivity contribution in [3.63, 3.8) is 0 Å². The predicted molar refractivity (Wildman–Crippen MR) is 40.6 cm³/mol. The summed E-state index contributed by atoms with van der Waals surface area (Å²) >= 11 is 7.58. The Balaban J connectivity index is -0.0000000847. The van der Waals surface area contributed by atoms with Crippen molar-refractivity contribution in [2.45, 2.75) is 6.92 Å². The molecule has 0 fully saturated rings. The molecule has 0 aliphatic rings. The van der Waals surface area contributed by atoms with Gasteiger partial charge in [0.2, 0.25) is 0 Å². The van der Waals surface area contributed by atoms with Gasteiger partial charge in [-0.15, -0.1) is 0 Å². The van der Waals surface area contributed by atoms with Crippen LogP contribution in [0, 0.1) is 12.6 Å². The van der Waals surface area contributed by atoms with Crippen molar-refractivity contribution in [2.75, 3.05) is 7.11 Å². The van der Waals surface area contributed by atoms with Crippen LogP contribution in [0.2, 0.25) is 0 Å². The first kappa shape index (κ1) is 16.9. The number of allylic oxidation sites excluding steroid dienone is 1. The summed E-state index contributed by atoms with van der Waals surface area (Å²) in [5.74, 6) is 0. The van der Waals surface area contributed by atoms with E-state index in [0.29, 0.717) is 0 Å². The molecule has 0 aliphatic carbocycles. The molecule has 0 aromatic carbocycles. The monoisotopic (exact) mass is 225 g/mol. The summed E-state index contributed by atoms with van der Waals surface area (Å²) < 4.78 is 12.5. The van der Waals surface area contributed by atoms with E-state index in [0.717, 1.165) is 0 Å². The Hall–Kier alpha value is 0.513. The van der Waals surface area contributed by atoms with Crippen molar-refractivity contribution in [1.29, 1.82) is 0 Å². The van der Waals surface area contributed by atoms with Gasteiger partial charge in [-0.1, -0.05) is 0 Å². The Bertz CT molecular complexity index is 63.6. The minimum absolute atomic E-state index is 1.43. The van der Waals surface area contributed by atoms with E-state index in [1.165, 1.54) is 0 Å². The number of halogens is 1. The molecule has 0 spiro atoms. The van der Waals surface area contributed by atoms with Crippen LogP contribution in [0.15, 0.2) is 6.58 Å². The van der Waals surface area contributed by atoms with Crippen molar-refractivity contribution in [1.82, 2.24) is 0 Å². The fourth-order valence-electron chi connectivity index (χ4n) is 0. The van der Waals surface area contributed by atoms with Gasteiger partial charge in [0, 0.05) is 7.11 Å². The molecule has 5 heteroatoms. The van der Waals surface area contributed by atoms with Crippen LogP contribution in [0.1, 0.15) is 6.92 Å². The Morgan fingerprint density at radius 2 is 1.90 bits per heavy atom. The second-order valence-electron chi connectivity index (χ2n) is 0.999. The zero-order valence-electron chi connectivity index (χ0n) is 6.02. The molecule has 0 radical (unpaired) electrons. The molecule has 0 N–H and O–H groups in total. The van der Waals surface area contributed by atoms with Crippen LogP contribution in [0.4, 0.5) is 0 Å². The first-order chi connectivity index (χ1) is 4.68. The van der Waals surface area contributed by atoms with Gasteiger partial charge in [-0.3, -0.25) is 6.58 Å². The number of rotatable bonds is 1. The van der Waals surface area contributed by atoms with E-state index >= 15 is 0 Å². The van der Waals surface area contributed by atoms with Gasteiger partial charge in [-0.2, -0.15) is 18.0 Å². The summed E-state index contributed by atoms with van der Waals surface area (Å²) in [4.78, 5) is 0. The van der Waals surface area contributed by atoms with Crippen LogP contribution in [0.5, 0.6) is 0 Å². The van der Waals surface area contributed by atoms with E-state index in [9.17, 15) is 0 Å². The fraction of sp³-hybridized carbons (Fsp3) is 0.400. The average Bonchev–Trinajstić information content (AvgIpc) is 1.94. The van der Waals surface area contributed by atoms with Gasteiger partial charge in [0.05, 0.1) is 0 Å². The molecule has 0 heterocycles. The molecule has 10 heavy (non-hydrogen) atoms. The summed E-state index contributed by atoms with van der Waals surface area (Å²) in [5, 5.41) is 0. The number of hydrogen-bond acceptors (Lipinski definition) is 2. The van der Waals surface area contributed by atoms with Crippen molar-refractivity contribution < 1.29 is 24.0 Å². The molecule has 0 rings (SSSR count). The third-order valence-corrected chi connectivity index (χ3v) is 1.30. The molecule has 0 amide bonds. The minimum atomic E-state index is -1.43. The first-order valence-electron chi connectivity index (χ1n) is 2.26. The Labute approximate surface area is 76.8 Å². The van der Waals surface area contributed by atoms with E-state index in [2.05, 4.69) is 39.3 Å². The van der Waals surface area contributed by atoms with Crippen LogP contribution in [0.25, 0.3) is 0 Å². The van der Waals surface area contributed by atoms with Crippen molar-refractivity contribution in [3.05, 3.63) is 19.2 Å². The van der Waals surface area contributed by atoms with Crippen molar-refractivity contribution in [2.24, 2.45) is 0 Å². The molecule has 1 atom stereocenters. The van der Waals surface area contributed by atoms with Gasteiger partial charge in [0.15, 0.2) is 0 Å². The molecule has 0 aromatic rings. The first-order valence-corrected chi connectivity index (χ1v) is 5.72. The van der Waals surface area contributed by atoms with Gasteiger partial charge in [0.1, 0.15) is 8.35 Å². The fourth-order valence-corrected chi connectivity index (χ4v) is 0. The van der Waals surface area contributed by atoms with Crippen molar-refractivity contribution >= 4 is 19.4 Å². The molecular weight excluding hydrogens is 215 g/mol. The van der Waals surface area contributed by atoms with Gasteiger partial charge in [-0.25, -0.2) is 0 Å². The Morgan fingerprint density at radius 3 is 1.90 bits per heavy atom. The molecule has 0 saturated heterocycles. The molecule has 2 nitrogen and oxygen atoms in total.